The largest absolute Gasteiger partial charge is 0.497 e. The van der Waals surface area contributed by atoms with Crippen LogP contribution in [-0.2, 0) is 23.7 Å². The minimum atomic E-state index is -5.00. The first-order valence-corrected chi connectivity index (χ1v) is 28.0. The van der Waals surface area contributed by atoms with Crippen LogP contribution < -0.4 is 39.1 Å². The predicted octanol–water partition coefficient (Wildman–Crippen LogP) is 10.9. The highest BCUT2D eigenvalue weighted by atomic mass is 28.4. The number of alkyl halides is 4. The molecule has 18 heteroatoms. The smallest absolute Gasteiger partial charge is 0.418 e. The van der Waals surface area contributed by atoms with Gasteiger partial charge in [0.1, 0.15) is 59.1 Å². The van der Waals surface area contributed by atoms with Gasteiger partial charge in [-0.15, -0.1) is 0 Å². The van der Waals surface area contributed by atoms with Crippen LogP contribution in [0.1, 0.15) is 69.3 Å². The Labute approximate surface area is 447 Å². The monoisotopic (exact) mass is 1070 g/mol. The number of rotatable bonds is 17. The Morgan fingerprint density at radius 2 is 1.43 bits per heavy atom. The summed E-state index contributed by atoms with van der Waals surface area (Å²) in [7, 11) is 0.0878. The Bertz CT molecular complexity index is 3120. The molecule has 0 amide bonds. The number of anilines is 2. The second-order valence-electron chi connectivity index (χ2n) is 21.4. The second kappa shape index (κ2) is 21.5. The van der Waals surface area contributed by atoms with E-state index in [1.807, 2.05) is 77.4 Å². The zero-order chi connectivity index (χ0) is 54.3. The molecule has 3 aliphatic rings. The fourth-order valence-electron chi connectivity index (χ4n) is 11.7. The highest BCUT2D eigenvalue weighted by Crippen LogP contribution is 2.46. The van der Waals surface area contributed by atoms with Gasteiger partial charge < -0.3 is 33.2 Å². The minimum absolute atomic E-state index is 0.000847. The van der Waals surface area contributed by atoms with E-state index in [1.54, 1.807) is 38.5 Å². The number of aryl methyl sites for hydroxylation is 1. The van der Waals surface area contributed by atoms with E-state index in [0.29, 0.717) is 24.5 Å². The lowest BCUT2D eigenvalue weighted by Crippen LogP contribution is -2.67. The third-order valence-corrected chi connectivity index (χ3v) is 20.4. The quantitative estimate of drug-likeness (QED) is 0.0640. The molecule has 404 valence electrons. The van der Waals surface area contributed by atoms with Crippen LogP contribution in [0.15, 0.2) is 115 Å². The number of pyridine rings is 2. The number of fused-ring (bicyclic) bond motifs is 1. The Balaban J connectivity index is 1.11. The third kappa shape index (κ3) is 10.5. The van der Waals surface area contributed by atoms with Crippen molar-refractivity contribution >= 4 is 41.2 Å². The molecule has 7 aromatic rings. The molecule has 0 saturated carbocycles. The Hall–Kier alpha value is -6.89. The number of ether oxygens (including phenoxy) is 4. The Kier molecular flexibility index (Phi) is 14.9. The van der Waals surface area contributed by atoms with Gasteiger partial charge in [0.05, 0.1) is 43.7 Å². The van der Waals surface area contributed by atoms with Crippen molar-refractivity contribution in [2.45, 2.75) is 95.9 Å². The van der Waals surface area contributed by atoms with Gasteiger partial charge in [0, 0.05) is 38.2 Å². The van der Waals surface area contributed by atoms with E-state index in [0.717, 1.165) is 27.9 Å². The summed E-state index contributed by atoms with van der Waals surface area (Å²) < 4.78 is 111. The van der Waals surface area contributed by atoms with Crippen molar-refractivity contribution in [1.29, 1.82) is 0 Å². The lowest BCUT2D eigenvalue weighted by Gasteiger charge is -2.43. The van der Waals surface area contributed by atoms with Crippen molar-refractivity contribution in [3.8, 4) is 34.6 Å². The van der Waals surface area contributed by atoms with Gasteiger partial charge in [0.25, 0.3) is 8.32 Å². The molecule has 0 bridgehead atoms. The summed E-state index contributed by atoms with van der Waals surface area (Å²) >= 11 is 0. The lowest BCUT2D eigenvalue weighted by atomic mass is 9.95. The maximum Gasteiger partial charge on any atom is 0.418 e. The second-order valence-corrected chi connectivity index (χ2v) is 25.7. The summed E-state index contributed by atoms with van der Waals surface area (Å²) in [6, 6.07) is 35.7. The van der Waals surface area contributed by atoms with Crippen molar-refractivity contribution in [2.24, 2.45) is 0 Å². The van der Waals surface area contributed by atoms with Crippen molar-refractivity contribution in [1.82, 2.24) is 24.8 Å². The molecule has 3 atom stereocenters. The molecular formula is C59H64F5N7O5Si. The first kappa shape index (κ1) is 53.5. The highest BCUT2D eigenvalue weighted by Gasteiger charge is 2.51. The lowest BCUT2D eigenvalue weighted by molar-refractivity contribution is -0.137. The summed E-state index contributed by atoms with van der Waals surface area (Å²) in [6.45, 7) is 11.6. The fraction of sp³-hybridized carbons (Fsp3) is 0.390. The molecule has 0 radical (unpaired) electrons. The molecule has 0 spiro atoms. The third-order valence-electron chi connectivity index (χ3n) is 15.4. The summed E-state index contributed by atoms with van der Waals surface area (Å²) in [5.74, 6) is 0.348. The van der Waals surface area contributed by atoms with Crippen LogP contribution in [0.3, 0.4) is 0 Å². The first-order chi connectivity index (χ1) is 36.9. The Morgan fingerprint density at radius 1 is 0.818 bits per heavy atom. The number of benzene rings is 4. The van der Waals surface area contributed by atoms with Crippen LogP contribution in [0.5, 0.6) is 23.4 Å². The van der Waals surface area contributed by atoms with Crippen LogP contribution in [0, 0.1) is 12.7 Å². The Morgan fingerprint density at radius 3 is 2.00 bits per heavy atom. The van der Waals surface area contributed by atoms with Gasteiger partial charge in [-0.3, -0.25) is 4.90 Å². The normalized spacial score (nSPS) is 18.7. The number of methoxy groups -OCH3 is 2. The molecule has 0 unspecified atom stereocenters. The molecule has 0 N–H and O–H groups in total. The zero-order valence-corrected chi connectivity index (χ0v) is 45.5. The van der Waals surface area contributed by atoms with Gasteiger partial charge in [-0.05, 0) is 90.1 Å². The van der Waals surface area contributed by atoms with Gasteiger partial charge in [-0.2, -0.15) is 23.1 Å². The average molecular weight is 1070 g/mol. The molecule has 2 fully saturated rings. The van der Waals surface area contributed by atoms with Crippen molar-refractivity contribution in [2.75, 3.05) is 63.5 Å². The maximum absolute atomic E-state index is 18.2. The molecule has 77 heavy (non-hydrogen) atoms. The number of aromatic nitrogens is 4. The first-order valence-electron chi connectivity index (χ1n) is 26.1. The van der Waals surface area contributed by atoms with E-state index in [-0.39, 0.29) is 97.6 Å². The van der Waals surface area contributed by atoms with E-state index in [1.165, 1.54) is 13.0 Å². The average Bonchev–Trinajstić information content (AvgIpc) is 3.91. The molecule has 6 heterocycles. The van der Waals surface area contributed by atoms with Gasteiger partial charge in [-0.1, -0.05) is 106 Å². The summed E-state index contributed by atoms with van der Waals surface area (Å²) in [4.78, 5) is 24.8. The van der Waals surface area contributed by atoms with Crippen LogP contribution in [0.4, 0.5) is 33.6 Å². The van der Waals surface area contributed by atoms with Crippen LogP contribution >= 0.6 is 0 Å². The maximum atomic E-state index is 18.2. The van der Waals surface area contributed by atoms with Gasteiger partial charge in [0.2, 0.25) is 5.88 Å². The standard InChI is InChI=1S/C59H64F5N7O5Si/c1-38-36-74-55-49-53(51(61)52(66-55)47-31-48(65-39(2)50(47)59(62,63)64)69(33-40-19-23-43(72-6)24-20-40)34-41-21-25-44(73-7)26-22-41)67-56(75-37-58-27-14-28-70(58)35-42(60)32-58)68-54(49)71(38)29-30-76-77(57(3,4)5,45-15-10-8-11-16-45)46-17-12-9-13-18-46/h8-13,15-26,31,38,42H,14,27-30,32-37H2,1-7H3/t38-,42+,58-/m0/s1. The van der Waals surface area contributed by atoms with Crippen molar-refractivity contribution in [3.63, 3.8) is 0 Å². The van der Waals surface area contributed by atoms with E-state index >= 15 is 22.0 Å². The molecular weight excluding hydrogens is 1010 g/mol. The van der Waals surface area contributed by atoms with Crippen LogP contribution in [0.25, 0.3) is 22.2 Å². The summed E-state index contributed by atoms with van der Waals surface area (Å²) in [6.07, 6.45) is -4.24. The summed E-state index contributed by atoms with van der Waals surface area (Å²) in [5, 5.41) is 1.92. The van der Waals surface area contributed by atoms with E-state index in [4.69, 9.17) is 28.4 Å². The van der Waals surface area contributed by atoms with Crippen molar-refractivity contribution in [3.05, 3.63) is 143 Å². The highest BCUT2D eigenvalue weighted by molar-refractivity contribution is 6.99. The van der Waals surface area contributed by atoms with Gasteiger partial charge >= 0.3 is 12.2 Å². The SMILES string of the molecule is COc1ccc(CN(Cc2ccc(OC)cc2)c2cc(-c3nc4c5c(nc(OC[C@@]67CCCN6C[C@H](F)C7)nc5c3F)N(CCO[Si](c3ccccc3)(c3ccccc3)C(C)(C)C)[C@@H](C)CO4)c(C(F)(F)F)c(C)n2)cc1. The topological polar surface area (TPSA) is 107 Å². The van der Waals surface area contributed by atoms with Crippen molar-refractivity contribution < 1.29 is 45.3 Å². The molecule has 3 aromatic heterocycles. The molecule has 2 saturated heterocycles. The van der Waals surface area contributed by atoms with E-state index < -0.39 is 54.9 Å². The van der Waals surface area contributed by atoms with E-state index in [2.05, 4.69) is 64.9 Å². The van der Waals surface area contributed by atoms with E-state index in [9.17, 15) is 0 Å². The molecule has 10 rings (SSSR count). The minimum Gasteiger partial charge on any atom is -0.497 e. The number of hydrogen-bond acceptors (Lipinski definition) is 12. The van der Waals surface area contributed by atoms with Crippen LogP contribution in [0.2, 0.25) is 5.04 Å². The summed E-state index contributed by atoms with van der Waals surface area (Å²) in [5.41, 5.74) is -2.06. The molecule has 0 aliphatic carbocycles. The molecule has 4 aromatic carbocycles. The number of hydrogen-bond donors (Lipinski definition) is 0. The fourth-order valence-corrected chi connectivity index (χ4v) is 16.2. The van der Waals surface area contributed by atoms with Crippen LogP contribution in [-0.4, -0.2) is 105 Å². The zero-order valence-electron chi connectivity index (χ0n) is 44.5. The predicted molar refractivity (Wildman–Crippen MR) is 291 cm³/mol. The number of halogens is 5. The van der Waals surface area contributed by atoms with Gasteiger partial charge in [0.15, 0.2) is 5.82 Å². The molecule has 12 nitrogen and oxygen atoms in total. The molecule has 3 aliphatic heterocycles. The number of nitrogens with zero attached hydrogens (tertiary/aromatic N) is 7. The van der Waals surface area contributed by atoms with Gasteiger partial charge in [-0.25, -0.2) is 18.7 Å².